The summed E-state index contributed by atoms with van der Waals surface area (Å²) in [7, 11) is 0. The molecular weight excluding hydrogens is 212 g/mol. The SMILES string of the molecule is C[C@]12CC(=O)c3ccccc3[C@@H]1CCCC2=O. The lowest BCUT2D eigenvalue weighted by atomic mass is 9.58. The molecule has 0 saturated heterocycles. The van der Waals surface area contributed by atoms with Crippen molar-refractivity contribution < 1.29 is 9.59 Å². The van der Waals surface area contributed by atoms with Crippen LogP contribution in [0.15, 0.2) is 24.3 Å². The molecule has 0 radical (unpaired) electrons. The first-order chi connectivity index (χ1) is 8.13. The quantitative estimate of drug-likeness (QED) is 0.683. The Labute approximate surface area is 101 Å². The fraction of sp³-hybridized carbons (Fsp3) is 0.467. The van der Waals surface area contributed by atoms with E-state index in [0.717, 1.165) is 24.0 Å². The Morgan fingerprint density at radius 2 is 2.00 bits per heavy atom. The molecule has 3 rings (SSSR count). The molecule has 1 saturated carbocycles. The van der Waals surface area contributed by atoms with E-state index in [9.17, 15) is 9.59 Å². The average Bonchev–Trinajstić information content (AvgIpc) is 2.32. The number of carbonyl (C=O) groups excluding carboxylic acids is 2. The van der Waals surface area contributed by atoms with Gasteiger partial charge in [-0.25, -0.2) is 0 Å². The molecule has 2 heteroatoms. The Hall–Kier alpha value is -1.44. The van der Waals surface area contributed by atoms with E-state index in [1.54, 1.807) is 0 Å². The maximum absolute atomic E-state index is 12.2. The smallest absolute Gasteiger partial charge is 0.164 e. The summed E-state index contributed by atoms with van der Waals surface area (Å²) < 4.78 is 0. The van der Waals surface area contributed by atoms with Crippen LogP contribution in [0.1, 0.15) is 54.4 Å². The van der Waals surface area contributed by atoms with Crippen LogP contribution in [0.2, 0.25) is 0 Å². The van der Waals surface area contributed by atoms with E-state index in [1.807, 2.05) is 31.2 Å². The van der Waals surface area contributed by atoms with E-state index >= 15 is 0 Å². The average molecular weight is 228 g/mol. The Bertz CT molecular complexity index is 503. The van der Waals surface area contributed by atoms with Crippen molar-refractivity contribution in [3.05, 3.63) is 35.4 Å². The molecule has 88 valence electrons. The summed E-state index contributed by atoms with van der Waals surface area (Å²) in [6, 6.07) is 7.80. The second-order valence-corrected chi connectivity index (χ2v) is 5.47. The van der Waals surface area contributed by atoms with Crippen LogP contribution in [0.25, 0.3) is 0 Å². The van der Waals surface area contributed by atoms with Gasteiger partial charge in [0.25, 0.3) is 0 Å². The molecule has 0 amide bonds. The summed E-state index contributed by atoms with van der Waals surface area (Å²) in [5, 5.41) is 0. The minimum absolute atomic E-state index is 0.134. The van der Waals surface area contributed by atoms with Gasteiger partial charge in [0.1, 0.15) is 5.78 Å². The first-order valence-electron chi connectivity index (χ1n) is 6.28. The van der Waals surface area contributed by atoms with E-state index in [4.69, 9.17) is 0 Å². The molecule has 1 aromatic carbocycles. The van der Waals surface area contributed by atoms with Gasteiger partial charge in [-0.1, -0.05) is 31.2 Å². The van der Waals surface area contributed by atoms with Crippen molar-refractivity contribution in [1.29, 1.82) is 0 Å². The molecule has 17 heavy (non-hydrogen) atoms. The highest BCUT2D eigenvalue weighted by atomic mass is 16.1. The number of rotatable bonds is 0. The Morgan fingerprint density at radius 3 is 2.82 bits per heavy atom. The molecule has 1 fully saturated rings. The lowest BCUT2D eigenvalue weighted by Gasteiger charge is -2.43. The van der Waals surface area contributed by atoms with Crippen molar-refractivity contribution in [2.75, 3.05) is 0 Å². The van der Waals surface area contributed by atoms with Gasteiger partial charge in [-0.15, -0.1) is 0 Å². The fourth-order valence-electron chi connectivity index (χ4n) is 3.47. The lowest BCUT2D eigenvalue weighted by molar-refractivity contribution is -0.131. The van der Waals surface area contributed by atoms with Crippen LogP contribution in [0.4, 0.5) is 0 Å². The predicted molar refractivity (Wildman–Crippen MR) is 65.1 cm³/mol. The molecule has 0 aromatic heterocycles. The van der Waals surface area contributed by atoms with Gasteiger partial charge in [-0.05, 0) is 24.3 Å². The highest BCUT2D eigenvalue weighted by Gasteiger charge is 2.49. The number of ketones is 2. The molecule has 0 spiro atoms. The zero-order chi connectivity index (χ0) is 12.0. The standard InChI is InChI=1S/C15H16O2/c1-15-9-13(16)11-6-3-2-5-10(11)12(15)7-4-8-14(15)17/h2-3,5-6,12H,4,7-9H2,1H3/t12-,15-/m0/s1. The zero-order valence-corrected chi connectivity index (χ0v) is 10.0. The third-order valence-corrected chi connectivity index (χ3v) is 4.47. The van der Waals surface area contributed by atoms with Gasteiger partial charge in [-0.3, -0.25) is 9.59 Å². The molecule has 0 aliphatic heterocycles. The van der Waals surface area contributed by atoms with Gasteiger partial charge in [0, 0.05) is 23.8 Å². The van der Waals surface area contributed by atoms with Crippen LogP contribution < -0.4 is 0 Å². The summed E-state index contributed by atoms with van der Waals surface area (Å²) >= 11 is 0. The number of hydrogen-bond donors (Lipinski definition) is 0. The molecule has 0 heterocycles. The summed E-state index contributed by atoms with van der Waals surface area (Å²) in [5.74, 6) is 0.656. The van der Waals surface area contributed by atoms with Crippen molar-refractivity contribution >= 4 is 11.6 Å². The van der Waals surface area contributed by atoms with Crippen LogP contribution in [0.5, 0.6) is 0 Å². The highest BCUT2D eigenvalue weighted by molar-refractivity contribution is 6.04. The summed E-state index contributed by atoms with van der Waals surface area (Å²) in [6.07, 6.45) is 3.03. The van der Waals surface area contributed by atoms with Gasteiger partial charge in [0.2, 0.25) is 0 Å². The van der Waals surface area contributed by atoms with Crippen molar-refractivity contribution in [1.82, 2.24) is 0 Å². The Kier molecular flexibility index (Phi) is 2.22. The summed E-state index contributed by atoms with van der Waals surface area (Å²) in [4.78, 5) is 24.3. The van der Waals surface area contributed by atoms with Gasteiger partial charge in [-0.2, -0.15) is 0 Å². The van der Waals surface area contributed by atoms with Crippen LogP contribution >= 0.6 is 0 Å². The molecule has 2 aliphatic carbocycles. The number of Topliss-reactive ketones (excluding diaryl/α,β-unsaturated/α-hetero) is 2. The second kappa shape index (κ2) is 3.52. The first-order valence-corrected chi connectivity index (χ1v) is 6.28. The van der Waals surface area contributed by atoms with Crippen LogP contribution in [-0.4, -0.2) is 11.6 Å². The minimum atomic E-state index is -0.441. The Balaban J connectivity index is 2.17. The van der Waals surface area contributed by atoms with Crippen molar-refractivity contribution in [2.45, 2.75) is 38.5 Å². The molecule has 0 N–H and O–H groups in total. The molecule has 2 atom stereocenters. The maximum Gasteiger partial charge on any atom is 0.164 e. The van der Waals surface area contributed by atoms with E-state index in [-0.39, 0.29) is 17.5 Å². The number of carbonyl (C=O) groups is 2. The van der Waals surface area contributed by atoms with E-state index in [1.165, 1.54) is 0 Å². The highest BCUT2D eigenvalue weighted by Crippen LogP contribution is 2.51. The zero-order valence-electron chi connectivity index (χ0n) is 10.0. The molecular formula is C15H16O2. The Morgan fingerprint density at radius 1 is 1.24 bits per heavy atom. The van der Waals surface area contributed by atoms with Gasteiger partial charge in [0.15, 0.2) is 5.78 Å². The van der Waals surface area contributed by atoms with Crippen LogP contribution in [0.3, 0.4) is 0 Å². The van der Waals surface area contributed by atoms with E-state index in [2.05, 4.69) is 0 Å². The molecule has 0 bridgehead atoms. The van der Waals surface area contributed by atoms with Gasteiger partial charge in [0.05, 0.1) is 0 Å². The normalized spacial score (nSPS) is 31.9. The topological polar surface area (TPSA) is 34.1 Å². The monoisotopic (exact) mass is 228 g/mol. The van der Waals surface area contributed by atoms with Crippen LogP contribution in [0, 0.1) is 5.41 Å². The third kappa shape index (κ3) is 1.40. The molecule has 2 nitrogen and oxygen atoms in total. The summed E-state index contributed by atoms with van der Waals surface area (Å²) in [6.45, 7) is 1.98. The van der Waals surface area contributed by atoms with Crippen molar-refractivity contribution in [3.63, 3.8) is 0 Å². The second-order valence-electron chi connectivity index (χ2n) is 5.47. The van der Waals surface area contributed by atoms with Crippen LogP contribution in [-0.2, 0) is 4.79 Å². The van der Waals surface area contributed by atoms with E-state index < -0.39 is 5.41 Å². The molecule has 1 aromatic rings. The maximum atomic E-state index is 12.2. The number of fused-ring (bicyclic) bond motifs is 3. The van der Waals surface area contributed by atoms with Gasteiger partial charge >= 0.3 is 0 Å². The van der Waals surface area contributed by atoms with Gasteiger partial charge < -0.3 is 0 Å². The number of hydrogen-bond acceptors (Lipinski definition) is 2. The fourth-order valence-corrected chi connectivity index (χ4v) is 3.47. The lowest BCUT2D eigenvalue weighted by Crippen LogP contribution is -2.43. The largest absolute Gasteiger partial charge is 0.299 e. The molecule has 2 aliphatic rings. The summed E-state index contributed by atoms with van der Waals surface area (Å²) in [5.41, 5.74) is 1.49. The number of benzene rings is 1. The minimum Gasteiger partial charge on any atom is -0.299 e. The third-order valence-electron chi connectivity index (χ3n) is 4.47. The van der Waals surface area contributed by atoms with Crippen molar-refractivity contribution in [3.8, 4) is 0 Å². The van der Waals surface area contributed by atoms with E-state index in [0.29, 0.717) is 12.8 Å². The van der Waals surface area contributed by atoms with Crippen molar-refractivity contribution in [2.24, 2.45) is 5.41 Å². The predicted octanol–water partition coefficient (Wildman–Crippen LogP) is 3.12. The first kappa shape index (κ1) is 10.7. The molecule has 0 unspecified atom stereocenters.